The largest absolute Gasteiger partial charge is 0.464 e. The monoisotopic (exact) mass is 469 g/mol. The van der Waals surface area contributed by atoms with E-state index in [1.165, 1.54) is 4.90 Å². The lowest BCUT2D eigenvalue weighted by molar-refractivity contribution is -0.148. The maximum atomic E-state index is 12.8. The van der Waals surface area contributed by atoms with Gasteiger partial charge in [0.1, 0.15) is 17.9 Å². The zero-order valence-corrected chi connectivity index (χ0v) is 20.8. The summed E-state index contributed by atoms with van der Waals surface area (Å²) in [6.07, 6.45) is 2.19. The lowest BCUT2D eigenvalue weighted by Gasteiger charge is -2.41. The van der Waals surface area contributed by atoms with Crippen molar-refractivity contribution >= 4 is 17.8 Å². The molecule has 0 saturated carbocycles. The fourth-order valence-corrected chi connectivity index (χ4v) is 4.52. The Hall–Kier alpha value is -3.12. The summed E-state index contributed by atoms with van der Waals surface area (Å²) in [4.78, 5) is 33.9. The number of carbonyl (C=O) groups excluding carboxylic acids is 2. The topological polar surface area (TPSA) is 108 Å². The van der Waals surface area contributed by atoms with Crippen molar-refractivity contribution < 1.29 is 19.1 Å². The minimum atomic E-state index is -0.815. The number of urea groups is 1. The lowest BCUT2D eigenvalue weighted by Crippen LogP contribution is -2.61. The zero-order valence-electron chi connectivity index (χ0n) is 20.8. The van der Waals surface area contributed by atoms with Gasteiger partial charge in [0.15, 0.2) is 0 Å². The van der Waals surface area contributed by atoms with Crippen LogP contribution < -0.4 is 10.2 Å². The van der Waals surface area contributed by atoms with Gasteiger partial charge in [0.05, 0.1) is 36.6 Å². The third-order valence-corrected chi connectivity index (χ3v) is 6.19. The number of rotatable bonds is 6. The quantitative estimate of drug-likeness (QED) is 0.504. The van der Waals surface area contributed by atoms with Crippen LogP contribution in [0.2, 0.25) is 0 Å². The highest BCUT2D eigenvalue weighted by Gasteiger charge is 2.39. The molecule has 2 aliphatic rings. The minimum Gasteiger partial charge on any atom is -0.464 e. The van der Waals surface area contributed by atoms with Gasteiger partial charge in [-0.1, -0.05) is 19.9 Å². The molecule has 0 aromatic carbocycles. The lowest BCUT2D eigenvalue weighted by atomic mass is 9.86. The van der Waals surface area contributed by atoms with Crippen molar-refractivity contribution in [3.05, 3.63) is 35.0 Å². The van der Waals surface area contributed by atoms with Crippen LogP contribution in [0.5, 0.6) is 0 Å². The SMILES string of the molecule is C=CCNC(=O)N1CCN(c2nc(C(C)C)c3c(c2C#N)CC(C)(C)OC3)CC1C(=O)OCC. The van der Waals surface area contributed by atoms with E-state index >= 15 is 0 Å². The van der Waals surface area contributed by atoms with Crippen LogP contribution in [0, 0.1) is 11.3 Å². The number of amides is 2. The number of anilines is 1. The highest BCUT2D eigenvalue weighted by Crippen LogP contribution is 2.38. The van der Waals surface area contributed by atoms with E-state index in [9.17, 15) is 14.9 Å². The Morgan fingerprint density at radius 2 is 2.12 bits per heavy atom. The Morgan fingerprint density at radius 3 is 2.74 bits per heavy atom. The average molecular weight is 470 g/mol. The standard InChI is InChI=1S/C25H35N5O4/c1-7-9-27-24(32)30-11-10-29(14-20(30)23(31)33-8-2)22-18(13-26)17-12-25(5,6)34-15-19(17)21(28-22)16(3)4/h7,16,20H,1,8-12,14-15H2,2-6H3,(H,27,32). The van der Waals surface area contributed by atoms with E-state index in [-0.39, 0.29) is 30.7 Å². The number of hydrogen-bond donors (Lipinski definition) is 1. The molecule has 9 heteroatoms. The van der Waals surface area contributed by atoms with Crippen LogP contribution in [0.3, 0.4) is 0 Å². The van der Waals surface area contributed by atoms with Crippen LogP contribution in [0.15, 0.2) is 12.7 Å². The molecule has 2 amide bonds. The number of pyridine rings is 1. The maximum absolute atomic E-state index is 12.8. The van der Waals surface area contributed by atoms with Crippen molar-refractivity contribution in [3.8, 4) is 6.07 Å². The number of hydrogen-bond acceptors (Lipinski definition) is 7. The second kappa shape index (κ2) is 10.4. The van der Waals surface area contributed by atoms with Crippen LogP contribution in [0.4, 0.5) is 10.6 Å². The molecule has 1 atom stereocenters. The molecule has 0 radical (unpaired) electrons. The highest BCUT2D eigenvalue weighted by atomic mass is 16.5. The van der Waals surface area contributed by atoms with Gasteiger partial charge in [0.25, 0.3) is 0 Å². The Bertz CT molecular complexity index is 998. The number of esters is 1. The molecule has 1 saturated heterocycles. The van der Waals surface area contributed by atoms with Crippen molar-refractivity contribution in [3.63, 3.8) is 0 Å². The first-order valence-corrected chi connectivity index (χ1v) is 11.8. The first kappa shape index (κ1) is 25.5. The molecule has 3 rings (SSSR count). The predicted molar refractivity (Wildman–Crippen MR) is 129 cm³/mol. The number of fused-ring (bicyclic) bond motifs is 1. The van der Waals surface area contributed by atoms with Crippen LogP contribution >= 0.6 is 0 Å². The normalized spacial score (nSPS) is 19.3. The van der Waals surface area contributed by atoms with Crippen LogP contribution in [-0.2, 0) is 27.3 Å². The van der Waals surface area contributed by atoms with E-state index < -0.39 is 12.0 Å². The van der Waals surface area contributed by atoms with E-state index in [1.807, 2.05) is 18.7 Å². The molecule has 1 N–H and O–H groups in total. The van der Waals surface area contributed by atoms with Crippen molar-refractivity contribution in [2.75, 3.05) is 37.7 Å². The van der Waals surface area contributed by atoms with Gasteiger partial charge in [0.2, 0.25) is 0 Å². The highest BCUT2D eigenvalue weighted by molar-refractivity contribution is 5.85. The summed E-state index contributed by atoms with van der Waals surface area (Å²) in [6, 6.07) is 1.21. The molecule has 3 heterocycles. The number of nitrogens with one attached hydrogen (secondary N) is 1. The van der Waals surface area contributed by atoms with Gasteiger partial charge in [-0.3, -0.25) is 0 Å². The molecule has 9 nitrogen and oxygen atoms in total. The van der Waals surface area contributed by atoms with Crippen molar-refractivity contribution in [2.45, 2.75) is 65.2 Å². The number of ether oxygens (including phenoxy) is 2. The number of carbonyl (C=O) groups is 2. The Balaban J connectivity index is 2.03. The molecule has 1 unspecified atom stereocenters. The predicted octanol–water partition coefficient (Wildman–Crippen LogP) is 2.88. The van der Waals surface area contributed by atoms with Gasteiger partial charge in [-0.05, 0) is 32.3 Å². The van der Waals surface area contributed by atoms with E-state index in [0.717, 1.165) is 16.8 Å². The number of aromatic nitrogens is 1. The van der Waals surface area contributed by atoms with Crippen LogP contribution in [-0.4, -0.2) is 66.3 Å². The van der Waals surface area contributed by atoms with Crippen LogP contribution in [0.25, 0.3) is 0 Å². The molecule has 0 aliphatic carbocycles. The van der Waals surface area contributed by atoms with Gasteiger partial charge in [-0.15, -0.1) is 6.58 Å². The van der Waals surface area contributed by atoms with Crippen molar-refractivity contribution in [2.24, 2.45) is 0 Å². The Morgan fingerprint density at radius 1 is 1.38 bits per heavy atom. The molecule has 1 aromatic heterocycles. The van der Waals surface area contributed by atoms with E-state index in [2.05, 4.69) is 31.8 Å². The Kier molecular flexibility index (Phi) is 7.82. The van der Waals surface area contributed by atoms with Gasteiger partial charge in [0, 0.05) is 31.6 Å². The molecular weight excluding hydrogens is 434 g/mol. The average Bonchev–Trinajstić information content (AvgIpc) is 2.80. The van der Waals surface area contributed by atoms with Gasteiger partial charge >= 0.3 is 12.0 Å². The first-order chi connectivity index (χ1) is 16.1. The fraction of sp³-hybridized carbons (Fsp3) is 0.600. The molecule has 0 bridgehead atoms. The third kappa shape index (κ3) is 5.17. The third-order valence-electron chi connectivity index (χ3n) is 6.19. The summed E-state index contributed by atoms with van der Waals surface area (Å²) in [5.74, 6) is 0.219. The molecule has 0 spiro atoms. The zero-order chi connectivity index (χ0) is 25.0. The van der Waals surface area contributed by atoms with Gasteiger partial charge < -0.3 is 24.6 Å². The summed E-state index contributed by atoms with van der Waals surface area (Å²) >= 11 is 0. The number of nitriles is 1. The summed E-state index contributed by atoms with van der Waals surface area (Å²) < 4.78 is 11.3. The van der Waals surface area contributed by atoms with Crippen LogP contribution in [0.1, 0.15) is 62.9 Å². The van der Waals surface area contributed by atoms with Gasteiger partial charge in [-0.25, -0.2) is 14.6 Å². The smallest absolute Gasteiger partial charge is 0.330 e. The summed E-state index contributed by atoms with van der Waals surface area (Å²) in [6.45, 7) is 15.4. The molecule has 34 heavy (non-hydrogen) atoms. The summed E-state index contributed by atoms with van der Waals surface area (Å²) in [7, 11) is 0. The summed E-state index contributed by atoms with van der Waals surface area (Å²) in [5, 5.41) is 12.9. The summed E-state index contributed by atoms with van der Waals surface area (Å²) in [5.41, 5.74) is 2.98. The molecule has 1 aromatic rings. The number of piperazine rings is 1. The van der Waals surface area contributed by atoms with E-state index in [0.29, 0.717) is 44.0 Å². The van der Waals surface area contributed by atoms with Crippen molar-refractivity contribution in [1.82, 2.24) is 15.2 Å². The first-order valence-electron chi connectivity index (χ1n) is 11.8. The van der Waals surface area contributed by atoms with E-state index in [1.54, 1.807) is 13.0 Å². The Labute approximate surface area is 201 Å². The molecule has 1 fully saturated rings. The second-order valence-electron chi connectivity index (χ2n) is 9.53. The fourth-order valence-electron chi connectivity index (χ4n) is 4.52. The molecular formula is C25H35N5O4. The second-order valence-corrected chi connectivity index (χ2v) is 9.53. The minimum absolute atomic E-state index is 0.136. The van der Waals surface area contributed by atoms with Crippen molar-refractivity contribution in [1.29, 1.82) is 5.26 Å². The number of nitrogens with zero attached hydrogens (tertiary/aromatic N) is 4. The van der Waals surface area contributed by atoms with Gasteiger partial charge in [-0.2, -0.15) is 5.26 Å². The molecule has 184 valence electrons. The molecule has 2 aliphatic heterocycles. The maximum Gasteiger partial charge on any atom is 0.330 e. The van der Waals surface area contributed by atoms with E-state index in [4.69, 9.17) is 14.5 Å².